The van der Waals surface area contributed by atoms with Crippen molar-refractivity contribution in [1.82, 2.24) is 4.98 Å². The van der Waals surface area contributed by atoms with Gasteiger partial charge < -0.3 is 15.2 Å². The third-order valence-electron chi connectivity index (χ3n) is 3.18. The molecule has 0 aliphatic rings. The number of aromatic nitrogens is 1. The van der Waals surface area contributed by atoms with Crippen molar-refractivity contribution in [2.75, 3.05) is 0 Å². The maximum absolute atomic E-state index is 9.32. The highest BCUT2D eigenvalue weighted by atomic mass is 16.3. The topological polar surface area (TPSA) is 56.2 Å². The van der Waals surface area contributed by atoms with Gasteiger partial charge in [-0.2, -0.15) is 0 Å². The summed E-state index contributed by atoms with van der Waals surface area (Å²) in [4.78, 5) is 3.30. The van der Waals surface area contributed by atoms with Gasteiger partial charge in [-0.1, -0.05) is 36.4 Å². The first-order valence-electron chi connectivity index (χ1n) is 5.58. The number of hydrogen-bond donors (Lipinski definition) is 3. The Morgan fingerprint density at radius 3 is 1.65 bits per heavy atom. The third kappa shape index (κ3) is 1.44. The second-order valence-electron chi connectivity index (χ2n) is 4.12. The number of para-hydroxylation sites is 2. The van der Waals surface area contributed by atoms with Crippen molar-refractivity contribution >= 4 is 21.8 Å². The Morgan fingerprint density at radius 1 is 0.765 bits per heavy atom. The van der Waals surface area contributed by atoms with Gasteiger partial charge in [-0.25, -0.2) is 0 Å². The fourth-order valence-electron chi connectivity index (χ4n) is 2.33. The molecule has 0 fully saturated rings. The molecular weight excluding hydrogens is 214 g/mol. The van der Waals surface area contributed by atoms with Crippen molar-refractivity contribution in [1.29, 1.82) is 0 Å². The quantitative estimate of drug-likeness (QED) is 0.629. The summed E-state index contributed by atoms with van der Waals surface area (Å²) in [6.07, 6.45) is 0. The van der Waals surface area contributed by atoms with Crippen LogP contribution in [-0.2, 0) is 13.2 Å². The highest BCUT2D eigenvalue weighted by Gasteiger charge is 2.09. The molecule has 1 aromatic heterocycles. The Kier molecular flexibility index (Phi) is 2.35. The molecule has 17 heavy (non-hydrogen) atoms. The minimum Gasteiger partial charge on any atom is -0.392 e. The third-order valence-corrected chi connectivity index (χ3v) is 3.18. The molecule has 0 bridgehead atoms. The van der Waals surface area contributed by atoms with Crippen LogP contribution in [0.5, 0.6) is 0 Å². The highest BCUT2D eigenvalue weighted by molar-refractivity contribution is 6.09. The van der Waals surface area contributed by atoms with E-state index >= 15 is 0 Å². The molecule has 0 atom stereocenters. The largest absolute Gasteiger partial charge is 0.392 e. The lowest BCUT2D eigenvalue weighted by molar-refractivity contribution is 0.283. The summed E-state index contributed by atoms with van der Waals surface area (Å²) in [5.41, 5.74) is 3.65. The van der Waals surface area contributed by atoms with Gasteiger partial charge in [0.1, 0.15) is 0 Å². The minimum absolute atomic E-state index is 0.0125. The molecule has 2 aromatic carbocycles. The molecule has 1 heterocycles. The van der Waals surface area contributed by atoms with Crippen LogP contribution in [0.2, 0.25) is 0 Å². The lowest BCUT2D eigenvalue weighted by Crippen LogP contribution is -1.85. The zero-order chi connectivity index (χ0) is 11.8. The van der Waals surface area contributed by atoms with Crippen LogP contribution in [0.3, 0.4) is 0 Å². The van der Waals surface area contributed by atoms with Crippen molar-refractivity contribution < 1.29 is 10.2 Å². The molecule has 0 saturated carbocycles. The Hall–Kier alpha value is -1.84. The number of benzene rings is 2. The van der Waals surface area contributed by atoms with Gasteiger partial charge in [-0.3, -0.25) is 0 Å². The Balaban J connectivity index is 2.49. The zero-order valence-corrected chi connectivity index (χ0v) is 9.27. The number of rotatable bonds is 2. The van der Waals surface area contributed by atoms with Crippen molar-refractivity contribution in [3.63, 3.8) is 0 Å². The Labute approximate surface area is 98.3 Å². The van der Waals surface area contributed by atoms with Gasteiger partial charge in [0.25, 0.3) is 0 Å². The summed E-state index contributed by atoms with van der Waals surface area (Å²) in [5.74, 6) is 0. The number of nitrogens with one attached hydrogen (secondary N) is 1. The molecule has 0 saturated heterocycles. The van der Waals surface area contributed by atoms with E-state index in [4.69, 9.17) is 0 Å². The average molecular weight is 227 g/mol. The molecule has 3 rings (SSSR count). The van der Waals surface area contributed by atoms with E-state index in [1.807, 2.05) is 36.4 Å². The number of aromatic amines is 1. The van der Waals surface area contributed by atoms with E-state index in [1.165, 1.54) is 0 Å². The summed E-state index contributed by atoms with van der Waals surface area (Å²) >= 11 is 0. The highest BCUT2D eigenvalue weighted by Crippen LogP contribution is 2.29. The molecule has 3 heteroatoms. The average Bonchev–Trinajstić information content (AvgIpc) is 2.77. The van der Waals surface area contributed by atoms with Gasteiger partial charge in [-0.05, 0) is 0 Å². The van der Waals surface area contributed by atoms with Crippen molar-refractivity contribution in [2.24, 2.45) is 0 Å². The van der Waals surface area contributed by atoms with E-state index in [2.05, 4.69) is 4.98 Å². The van der Waals surface area contributed by atoms with Gasteiger partial charge in [0.15, 0.2) is 0 Å². The van der Waals surface area contributed by atoms with E-state index in [9.17, 15) is 10.2 Å². The molecule has 3 N–H and O–H groups in total. The zero-order valence-electron chi connectivity index (χ0n) is 9.27. The van der Waals surface area contributed by atoms with Crippen LogP contribution in [0.25, 0.3) is 21.8 Å². The van der Waals surface area contributed by atoms with Crippen molar-refractivity contribution in [2.45, 2.75) is 13.2 Å². The Morgan fingerprint density at radius 2 is 1.24 bits per heavy atom. The van der Waals surface area contributed by atoms with Gasteiger partial charge in [0, 0.05) is 21.9 Å². The lowest BCUT2D eigenvalue weighted by atomic mass is 10.1. The molecule has 3 aromatic rings. The summed E-state index contributed by atoms with van der Waals surface area (Å²) in [7, 11) is 0. The lowest BCUT2D eigenvalue weighted by Gasteiger charge is -1.97. The first-order chi connectivity index (χ1) is 8.35. The fraction of sp³-hybridized carbons (Fsp3) is 0.143. The number of H-pyrrole nitrogens is 1. The van der Waals surface area contributed by atoms with Crippen LogP contribution >= 0.6 is 0 Å². The molecule has 0 aliphatic carbocycles. The molecule has 0 aliphatic heterocycles. The van der Waals surface area contributed by atoms with Crippen molar-refractivity contribution in [3.8, 4) is 0 Å². The summed E-state index contributed by atoms with van der Waals surface area (Å²) in [6, 6.07) is 11.7. The van der Waals surface area contributed by atoms with Crippen LogP contribution in [0.1, 0.15) is 11.1 Å². The maximum Gasteiger partial charge on any atom is 0.0702 e. The van der Waals surface area contributed by atoms with Crippen molar-refractivity contribution in [3.05, 3.63) is 47.5 Å². The molecule has 0 amide bonds. The van der Waals surface area contributed by atoms with Gasteiger partial charge in [-0.15, -0.1) is 0 Å². The fourth-order valence-corrected chi connectivity index (χ4v) is 2.33. The molecule has 0 unspecified atom stereocenters. The predicted octanol–water partition coefficient (Wildman–Crippen LogP) is 2.31. The maximum atomic E-state index is 9.32. The molecule has 0 radical (unpaired) electrons. The molecular formula is C14H13NO2. The summed E-state index contributed by atoms with van der Waals surface area (Å²) in [6.45, 7) is 0.0250. The number of hydrogen-bond acceptors (Lipinski definition) is 2. The monoisotopic (exact) mass is 227 g/mol. The molecule has 3 nitrogen and oxygen atoms in total. The van der Waals surface area contributed by atoms with E-state index in [1.54, 1.807) is 0 Å². The SMILES string of the molecule is OCc1cccc2c1[nH]c1c(CO)cccc12. The van der Waals surface area contributed by atoms with Gasteiger partial charge in [0.05, 0.1) is 24.2 Å². The van der Waals surface area contributed by atoms with E-state index in [0.717, 1.165) is 32.9 Å². The van der Waals surface area contributed by atoms with Crippen LogP contribution in [-0.4, -0.2) is 15.2 Å². The van der Waals surface area contributed by atoms with Crippen LogP contribution in [0, 0.1) is 0 Å². The van der Waals surface area contributed by atoms with E-state index < -0.39 is 0 Å². The van der Waals surface area contributed by atoms with Crippen LogP contribution in [0.4, 0.5) is 0 Å². The van der Waals surface area contributed by atoms with Gasteiger partial charge >= 0.3 is 0 Å². The normalized spacial score (nSPS) is 11.4. The standard InChI is InChI=1S/C14H13NO2/c16-7-9-3-1-5-11-12-6-2-4-10(8-17)14(12)15-13(9)11/h1-6,15-17H,7-8H2. The van der Waals surface area contributed by atoms with E-state index in [-0.39, 0.29) is 13.2 Å². The second kappa shape index (κ2) is 3.87. The number of fused-ring (bicyclic) bond motifs is 3. The molecule has 86 valence electrons. The smallest absolute Gasteiger partial charge is 0.0702 e. The summed E-state index contributed by atoms with van der Waals surface area (Å²) in [5, 5.41) is 20.8. The predicted molar refractivity (Wildman–Crippen MR) is 67.7 cm³/mol. The van der Waals surface area contributed by atoms with Crippen LogP contribution in [0.15, 0.2) is 36.4 Å². The summed E-state index contributed by atoms with van der Waals surface area (Å²) < 4.78 is 0. The first-order valence-corrected chi connectivity index (χ1v) is 5.58. The van der Waals surface area contributed by atoms with E-state index in [0.29, 0.717) is 0 Å². The van der Waals surface area contributed by atoms with Gasteiger partial charge in [0.2, 0.25) is 0 Å². The van der Waals surface area contributed by atoms with Crippen LogP contribution < -0.4 is 0 Å². The first kappa shape index (κ1) is 10.3. The number of aliphatic hydroxyl groups is 2. The molecule has 0 spiro atoms. The number of aliphatic hydroxyl groups excluding tert-OH is 2. The second-order valence-corrected chi connectivity index (χ2v) is 4.12. The minimum atomic E-state index is 0.0125. The Bertz CT molecular complexity index is 627.